The van der Waals surface area contributed by atoms with Crippen LogP contribution in [-0.2, 0) is 0 Å². The third-order valence-corrected chi connectivity index (χ3v) is 6.01. The van der Waals surface area contributed by atoms with E-state index in [4.69, 9.17) is 10.7 Å². The molecule has 0 spiro atoms. The Bertz CT molecular complexity index is 1290. The summed E-state index contributed by atoms with van der Waals surface area (Å²) in [5.41, 5.74) is 10.7. The Kier molecular flexibility index (Phi) is 6.33. The quantitative estimate of drug-likeness (QED) is 0.187. The number of para-hydroxylation sites is 1. The number of hydrogen-bond donors (Lipinski definition) is 3. The maximum atomic E-state index is 12.0. The third-order valence-electron chi connectivity index (χ3n) is 6.01. The highest BCUT2D eigenvalue weighted by molar-refractivity contribution is 6.00. The fourth-order valence-corrected chi connectivity index (χ4v) is 4.24. The van der Waals surface area contributed by atoms with E-state index >= 15 is 0 Å². The minimum absolute atomic E-state index is 0.263. The van der Waals surface area contributed by atoms with E-state index in [2.05, 4.69) is 16.3 Å². The fourth-order valence-electron chi connectivity index (χ4n) is 4.24. The molecule has 0 radical (unpaired) electrons. The van der Waals surface area contributed by atoms with Crippen LogP contribution >= 0.6 is 0 Å². The maximum absolute atomic E-state index is 12.0. The van der Waals surface area contributed by atoms with E-state index in [1.165, 1.54) is 4.90 Å². The van der Waals surface area contributed by atoms with Crippen molar-refractivity contribution in [1.82, 2.24) is 9.88 Å². The maximum Gasteiger partial charge on any atom is 0.413 e. The van der Waals surface area contributed by atoms with E-state index in [0.29, 0.717) is 11.4 Å². The Balaban J connectivity index is 1.63. The van der Waals surface area contributed by atoms with Crippen molar-refractivity contribution < 1.29 is 9.90 Å². The smallest absolute Gasteiger partial charge is 0.413 e. The molecule has 0 saturated heterocycles. The Morgan fingerprint density at radius 3 is 2.42 bits per heavy atom. The first kappa shape index (κ1) is 22.4. The number of aromatic nitrogens is 1. The van der Waals surface area contributed by atoms with Crippen LogP contribution in [0.4, 0.5) is 27.5 Å². The zero-order valence-electron chi connectivity index (χ0n) is 19.1. The lowest BCUT2D eigenvalue weighted by Gasteiger charge is -2.34. The molecule has 1 unspecified atom stereocenters. The highest BCUT2D eigenvalue weighted by Crippen LogP contribution is 2.30. The van der Waals surface area contributed by atoms with E-state index in [0.717, 1.165) is 46.3 Å². The average molecular weight is 444 g/mol. The number of rotatable bonds is 7. The molecular formula is C26H29N5O2. The molecule has 4 N–H and O–H groups in total. The molecule has 0 saturated carbocycles. The summed E-state index contributed by atoms with van der Waals surface area (Å²) in [5.74, 6) is 0. The Hall–Kier alpha value is -3.84. The van der Waals surface area contributed by atoms with Crippen molar-refractivity contribution in [2.45, 2.75) is 26.9 Å². The topological polar surface area (TPSA) is 94.7 Å². The van der Waals surface area contributed by atoms with Gasteiger partial charge in [-0.05, 0) is 74.6 Å². The lowest BCUT2D eigenvalue weighted by atomic mass is 10.1. The van der Waals surface area contributed by atoms with Crippen LogP contribution in [0, 0.1) is 0 Å². The van der Waals surface area contributed by atoms with Gasteiger partial charge in [0.05, 0.1) is 22.9 Å². The van der Waals surface area contributed by atoms with Crippen LogP contribution in [0.15, 0.2) is 66.7 Å². The molecule has 0 aliphatic rings. The molecule has 7 nitrogen and oxygen atoms in total. The number of nitrogens with two attached hydrogens (primary N) is 1. The van der Waals surface area contributed by atoms with Gasteiger partial charge < -0.3 is 16.2 Å². The average Bonchev–Trinajstić information content (AvgIpc) is 2.80. The van der Waals surface area contributed by atoms with Crippen LogP contribution in [-0.4, -0.2) is 40.3 Å². The first-order valence-electron chi connectivity index (χ1n) is 11.1. The van der Waals surface area contributed by atoms with Crippen molar-refractivity contribution in [2.75, 3.05) is 29.0 Å². The van der Waals surface area contributed by atoms with Crippen LogP contribution in [0.2, 0.25) is 0 Å². The molecule has 3 aromatic carbocycles. The van der Waals surface area contributed by atoms with Crippen LogP contribution in [0.25, 0.3) is 21.8 Å². The molecule has 4 rings (SSSR count). The molecule has 0 bridgehead atoms. The van der Waals surface area contributed by atoms with Crippen LogP contribution in [0.1, 0.15) is 20.8 Å². The highest BCUT2D eigenvalue weighted by Gasteiger charge is 2.25. The number of carboxylic acid groups (broad SMARTS) is 1. The number of amides is 1. The molecule has 7 heteroatoms. The molecular weight excluding hydrogens is 414 g/mol. The largest absolute Gasteiger partial charge is 0.465 e. The van der Waals surface area contributed by atoms with Crippen molar-refractivity contribution in [3.05, 3.63) is 66.7 Å². The molecule has 33 heavy (non-hydrogen) atoms. The van der Waals surface area contributed by atoms with Gasteiger partial charge in [0.15, 0.2) is 0 Å². The van der Waals surface area contributed by atoms with Gasteiger partial charge in [-0.15, -0.1) is 0 Å². The number of fused-ring (bicyclic) bond motifs is 2. The number of carbonyl (C=O) groups is 1. The van der Waals surface area contributed by atoms with Gasteiger partial charge in [0.1, 0.15) is 0 Å². The Morgan fingerprint density at radius 2 is 1.76 bits per heavy atom. The standard InChI is InChI=1S/C26H29N5O2/c1-4-30(5-2)17(3)31(26(32)33)22-12-10-21(11-13-22)28-24-8-6-7-18-15-19-16-20(27)9-14-23(19)29-25(18)24/h6-17,28H,4-5,27H2,1-3H3,(H,32,33). The summed E-state index contributed by atoms with van der Waals surface area (Å²) in [7, 11) is 0. The first-order chi connectivity index (χ1) is 15.9. The van der Waals surface area contributed by atoms with Gasteiger partial charge in [0, 0.05) is 27.8 Å². The van der Waals surface area contributed by atoms with Gasteiger partial charge in [-0.2, -0.15) is 0 Å². The summed E-state index contributed by atoms with van der Waals surface area (Å²) in [4.78, 5) is 20.3. The van der Waals surface area contributed by atoms with Crippen molar-refractivity contribution in [2.24, 2.45) is 0 Å². The number of pyridine rings is 1. The first-order valence-corrected chi connectivity index (χ1v) is 11.1. The van der Waals surface area contributed by atoms with E-state index in [1.54, 1.807) is 0 Å². The number of nitrogen functional groups attached to an aromatic ring is 1. The minimum atomic E-state index is -0.971. The molecule has 1 atom stereocenters. The van der Waals surface area contributed by atoms with Gasteiger partial charge in [-0.1, -0.05) is 26.0 Å². The second-order valence-electron chi connectivity index (χ2n) is 8.00. The molecule has 4 aromatic rings. The summed E-state index contributed by atoms with van der Waals surface area (Å²) in [5, 5.41) is 15.3. The zero-order valence-corrected chi connectivity index (χ0v) is 19.1. The summed E-state index contributed by atoms with van der Waals surface area (Å²) in [6, 6.07) is 21.2. The summed E-state index contributed by atoms with van der Waals surface area (Å²) >= 11 is 0. The number of anilines is 4. The van der Waals surface area contributed by atoms with Crippen LogP contribution in [0.3, 0.4) is 0 Å². The van der Waals surface area contributed by atoms with Crippen molar-refractivity contribution in [3.8, 4) is 0 Å². The fraction of sp³-hybridized carbons (Fsp3) is 0.231. The van der Waals surface area contributed by atoms with Gasteiger partial charge in [0.25, 0.3) is 0 Å². The predicted molar refractivity (Wildman–Crippen MR) is 136 cm³/mol. The van der Waals surface area contributed by atoms with E-state index < -0.39 is 6.09 Å². The monoisotopic (exact) mass is 443 g/mol. The SMILES string of the molecule is CCN(CC)C(C)N(C(=O)O)c1ccc(Nc2cccc3cc4cc(N)ccc4nc23)cc1. The van der Waals surface area contributed by atoms with Crippen molar-refractivity contribution >= 4 is 50.6 Å². The lowest BCUT2D eigenvalue weighted by molar-refractivity contribution is 0.176. The summed E-state index contributed by atoms with van der Waals surface area (Å²) in [6.07, 6.45) is -1.23. The Morgan fingerprint density at radius 1 is 1.03 bits per heavy atom. The van der Waals surface area contributed by atoms with Crippen LogP contribution < -0.4 is 16.0 Å². The van der Waals surface area contributed by atoms with Gasteiger partial charge in [0.2, 0.25) is 0 Å². The third kappa shape index (κ3) is 4.54. The number of nitrogens with one attached hydrogen (secondary N) is 1. The number of nitrogens with zero attached hydrogens (tertiary/aromatic N) is 3. The molecule has 1 amide bonds. The minimum Gasteiger partial charge on any atom is -0.465 e. The molecule has 0 aliphatic carbocycles. The predicted octanol–water partition coefficient (Wildman–Crippen LogP) is 5.89. The zero-order chi connectivity index (χ0) is 23.5. The Labute approximate surface area is 193 Å². The normalized spacial score (nSPS) is 12.2. The van der Waals surface area contributed by atoms with Gasteiger partial charge in [-0.25, -0.2) is 9.78 Å². The second-order valence-corrected chi connectivity index (χ2v) is 8.00. The molecule has 1 heterocycles. The van der Waals surface area contributed by atoms with Crippen LogP contribution in [0.5, 0.6) is 0 Å². The lowest BCUT2D eigenvalue weighted by Crippen LogP contribution is -2.49. The van der Waals surface area contributed by atoms with Crippen molar-refractivity contribution in [1.29, 1.82) is 0 Å². The molecule has 0 aliphatic heterocycles. The van der Waals surface area contributed by atoms with E-state index in [9.17, 15) is 9.90 Å². The molecule has 0 fully saturated rings. The molecule has 1 aromatic heterocycles. The van der Waals surface area contributed by atoms with Crippen molar-refractivity contribution in [3.63, 3.8) is 0 Å². The summed E-state index contributed by atoms with van der Waals surface area (Å²) in [6.45, 7) is 7.52. The van der Waals surface area contributed by atoms with E-state index in [-0.39, 0.29) is 6.17 Å². The number of hydrogen-bond acceptors (Lipinski definition) is 5. The molecule has 170 valence electrons. The highest BCUT2D eigenvalue weighted by atomic mass is 16.4. The van der Waals surface area contributed by atoms with Gasteiger partial charge >= 0.3 is 6.09 Å². The number of benzene rings is 3. The van der Waals surface area contributed by atoms with Gasteiger partial charge in [-0.3, -0.25) is 9.80 Å². The van der Waals surface area contributed by atoms with E-state index in [1.807, 2.05) is 81.4 Å². The summed E-state index contributed by atoms with van der Waals surface area (Å²) < 4.78 is 0. The second kappa shape index (κ2) is 9.34.